The Kier molecular flexibility index (Phi) is 9.74. The molecule has 1 aromatic carbocycles. The maximum Gasteiger partial charge on any atom is 0.325 e. The Labute approximate surface area is 186 Å². The third kappa shape index (κ3) is 6.51. The van der Waals surface area contributed by atoms with Crippen LogP contribution in [0.1, 0.15) is 39.2 Å². The van der Waals surface area contributed by atoms with Gasteiger partial charge in [0.05, 0.1) is 6.54 Å². The molecule has 2 rings (SSSR count). The first-order chi connectivity index (χ1) is 13.3. The zero-order valence-corrected chi connectivity index (χ0v) is 19.2. The van der Waals surface area contributed by atoms with E-state index in [1.165, 1.54) is 4.90 Å². The lowest BCUT2D eigenvalue weighted by atomic mass is 9.99. The van der Waals surface area contributed by atoms with Crippen LogP contribution in [0.3, 0.4) is 0 Å². The van der Waals surface area contributed by atoms with Crippen LogP contribution in [-0.2, 0) is 11.3 Å². The van der Waals surface area contributed by atoms with Crippen LogP contribution in [0.25, 0.3) is 0 Å². The highest BCUT2D eigenvalue weighted by molar-refractivity contribution is 14.0. The molecule has 1 heterocycles. The van der Waals surface area contributed by atoms with Gasteiger partial charge in [-0.15, -0.1) is 24.0 Å². The third-order valence-corrected chi connectivity index (χ3v) is 4.66. The molecule has 0 bridgehead atoms. The summed E-state index contributed by atoms with van der Waals surface area (Å²) in [6, 6.07) is 2.87. The molecule has 0 saturated carbocycles. The first-order valence-electron chi connectivity index (χ1n) is 9.41. The third-order valence-electron chi connectivity index (χ3n) is 4.66. The number of halogens is 3. The zero-order chi connectivity index (χ0) is 20.7. The Hall–Kier alpha value is -1.98. The van der Waals surface area contributed by atoms with Crippen molar-refractivity contribution in [1.82, 2.24) is 20.9 Å². The highest BCUT2D eigenvalue weighted by Gasteiger charge is 2.45. The molecule has 10 heteroatoms. The van der Waals surface area contributed by atoms with Crippen LogP contribution in [-0.4, -0.2) is 48.0 Å². The van der Waals surface area contributed by atoms with Gasteiger partial charge in [0.15, 0.2) is 5.96 Å². The van der Waals surface area contributed by atoms with Crippen LogP contribution in [0.15, 0.2) is 23.2 Å². The van der Waals surface area contributed by atoms with Gasteiger partial charge < -0.3 is 16.0 Å². The van der Waals surface area contributed by atoms with E-state index in [1.54, 1.807) is 6.92 Å². The maximum absolute atomic E-state index is 13.7. The monoisotopic (exact) mass is 523 g/mol. The van der Waals surface area contributed by atoms with Crippen LogP contribution in [0.4, 0.5) is 13.6 Å². The molecule has 162 valence electrons. The summed E-state index contributed by atoms with van der Waals surface area (Å²) in [7, 11) is 0. The summed E-state index contributed by atoms with van der Waals surface area (Å²) in [5.41, 5.74) is -0.675. The summed E-state index contributed by atoms with van der Waals surface area (Å²) in [5, 5.41) is 8.80. The Bertz CT molecular complexity index is 762. The average molecular weight is 523 g/mol. The fourth-order valence-electron chi connectivity index (χ4n) is 2.80. The van der Waals surface area contributed by atoms with Crippen molar-refractivity contribution in [3.63, 3.8) is 0 Å². The van der Waals surface area contributed by atoms with E-state index in [0.717, 1.165) is 18.2 Å². The van der Waals surface area contributed by atoms with E-state index in [1.807, 2.05) is 13.8 Å². The van der Waals surface area contributed by atoms with Crippen molar-refractivity contribution in [3.8, 4) is 0 Å². The van der Waals surface area contributed by atoms with E-state index in [2.05, 4.69) is 20.9 Å². The first-order valence-corrected chi connectivity index (χ1v) is 9.41. The average Bonchev–Trinajstić information content (AvgIpc) is 2.88. The molecular formula is C19H28F2IN5O2. The Morgan fingerprint density at radius 2 is 1.97 bits per heavy atom. The second-order valence-electron chi connectivity index (χ2n) is 6.78. The number of imide groups is 1. The number of nitrogens with one attached hydrogen (secondary N) is 3. The van der Waals surface area contributed by atoms with Crippen molar-refractivity contribution in [2.24, 2.45) is 4.99 Å². The highest BCUT2D eigenvalue weighted by atomic mass is 127. The molecule has 0 aromatic heterocycles. The Morgan fingerprint density at radius 3 is 2.59 bits per heavy atom. The largest absolute Gasteiger partial charge is 0.357 e. The minimum Gasteiger partial charge on any atom is -0.357 e. The first kappa shape index (κ1) is 25.1. The van der Waals surface area contributed by atoms with Crippen LogP contribution in [0.5, 0.6) is 0 Å². The maximum atomic E-state index is 13.7. The number of hydrogen-bond acceptors (Lipinski definition) is 3. The number of rotatable bonds is 8. The molecule has 0 spiro atoms. The van der Waals surface area contributed by atoms with Gasteiger partial charge in [0.1, 0.15) is 17.2 Å². The summed E-state index contributed by atoms with van der Waals surface area (Å²) < 4.78 is 26.9. The number of urea groups is 1. The lowest BCUT2D eigenvalue weighted by molar-refractivity contribution is -0.130. The number of hydrogen-bond donors (Lipinski definition) is 3. The van der Waals surface area contributed by atoms with Gasteiger partial charge >= 0.3 is 6.03 Å². The van der Waals surface area contributed by atoms with E-state index in [0.29, 0.717) is 31.9 Å². The molecule has 29 heavy (non-hydrogen) atoms. The highest BCUT2D eigenvalue weighted by Crippen LogP contribution is 2.20. The van der Waals surface area contributed by atoms with E-state index in [-0.39, 0.29) is 54.6 Å². The summed E-state index contributed by atoms with van der Waals surface area (Å²) in [6.07, 6.45) is 1.05. The molecule has 0 aliphatic carbocycles. The summed E-state index contributed by atoms with van der Waals surface area (Å²) in [5.74, 6) is -0.806. The molecule has 1 unspecified atom stereocenters. The van der Waals surface area contributed by atoms with Gasteiger partial charge in [0.25, 0.3) is 5.91 Å². The smallest absolute Gasteiger partial charge is 0.325 e. The van der Waals surface area contributed by atoms with Crippen molar-refractivity contribution in [2.75, 3.05) is 19.6 Å². The minimum atomic E-state index is -0.837. The molecule has 3 N–H and O–H groups in total. The Balaban J connectivity index is 0.00000420. The number of carbonyl (C=O) groups excluding carboxylic acids is 2. The fraction of sp³-hybridized carbons (Fsp3) is 0.526. The second-order valence-corrected chi connectivity index (χ2v) is 6.78. The van der Waals surface area contributed by atoms with Gasteiger partial charge in [0.2, 0.25) is 0 Å². The lowest BCUT2D eigenvalue weighted by Gasteiger charge is -2.19. The van der Waals surface area contributed by atoms with Crippen molar-refractivity contribution in [1.29, 1.82) is 0 Å². The van der Waals surface area contributed by atoms with E-state index in [4.69, 9.17) is 0 Å². The van der Waals surface area contributed by atoms with E-state index in [9.17, 15) is 18.4 Å². The van der Waals surface area contributed by atoms with Crippen LogP contribution in [0.2, 0.25) is 0 Å². The van der Waals surface area contributed by atoms with Gasteiger partial charge in [-0.1, -0.05) is 6.92 Å². The van der Waals surface area contributed by atoms with E-state index < -0.39 is 17.2 Å². The molecule has 1 aliphatic rings. The van der Waals surface area contributed by atoms with Gasteiger partial charge in [-0.25, -0.2) is 18.6 Å². The number of benzene rings is 1. The van der Waals surface area contributed by atoms with Crippen LogP contribution in [0, 0.1) is 11.6 Å². The van der Waals surface area contributed by atoms with Crippen molar-refractivity contribution in [2.45, 2.75) is 45.7 Å². The SMILES string of the molecule is CCNC(=NCc1cc(F)ccc1F)NCCCN1C(=O)NC(C)(CC)C1=O.I. The Morgan fingerprint density at radius 1 is 1.24 bits per heavy atom. The molecule has 7 nitrogen and oxygen atoms in total. The molecule has 1 aromatic rings. The van der Waals surface area contributed by atoms with Gasteiger partial charge in [-0.3, -0.25) is 9.69 Å². The predicted molar refractivity (Wildman–Crippen MR) is 118 cm³/mol. The van der Waals surface area contributed by atoms with Crippen LogP contribution >= 0.6 is 24.0 Å². The molecule has 0 radical (unpaired) electrons. The number of nitrogens with zero attached hydrogens (tertiary/aromatic N) is 2. The fourth-order valence-corrected chi connectivity index (χ4v) is 2.80. The molecule has 1 saturated heterocycles. The molecular weight excluding hydrogens is 495 g/mol. The second kappa shape index (κ2) is 11.3. The standard InChI is InChI=1S/C19H27F2N5O2.HI/c1-4-19(3)16(27)26(18(28)25-19)10-6-9-23-17(22-5-2)24-12-13-11-14(20)7-8-15(13)21;/h7-8,11H,4-6,9-10,12H2,1-3H3,(H,25,28)(H2,22,23,24);1H. The molecule has 3 amide bonds. The van der Waals surface area contributed by atoms with Crippen molar-refractivity contribution >= 4 is 41.9 Å². The minimum absolute atomic E-state index is 0. The summed E-state index contributed by atoms with van der Waals surface area (Å²) in [4.78, 5) is 29.8. The zero-order valence-electron chi connectivity index (χ0n) is 16.8. The van der Waals surface area contributed by atoms with Crippen LogP contribution < -0.4 is 16.0 Å². The summed E-state index contributed by atoms with van der Waals surface area (Å²) >= 11 is 0. The van der Waals surface area contributed by atoms with Crippen molar-refractivity contribution < 1.29 is 18.4 Å². The molecule has 1 atom stereocenters. The predicted octanol–water partition coefficient (Wildman–Crippen LogP) is 2.75. The molecule has 1 aliphatic heterocycles. The van der Waals surface area contributed by atoms with Gasteiger partial charge in [-0.05, 0) is 44.9 Å². The van der Waals surface area contributed by atoms with Crippen molar-refractivity contribution in [3.05, 3.63) is 35.4 Å². The number of amides is 3. The number of guanidine groups is 1. The quantitative estimate of drug-likeness (QED) is 0.161. The number of aliphatic imine (C=N–C) groups is 1. The van der Waals surface area contributed by atoms with Gasteiger partial charge in [-0.2, -0.15) is 0 Å². The number of carbonyl (C=O) groups is 2. The molecule has 1 fully saturated rings. The van der Waals surface area contributed by atoms with Gasteiger partial charge in [0, 0.05) is 25.2 Å². The topological polar surface area (TPSA) is 85.8 Å². The summed E-state index contributed by atoms with van der Waals surface area (Å²) in [6.45, 7) is 6.78. The van der Waals surface area contributed by atoms with E-state index >= 15 is 0 Å². The lowest BCUT2D eigenvalue weighted by Crippen LogP contribution is -2.43. The normalized spacial score (nSPS) is 19.1.